The Morgan fingerprint density at radius 1 is 1.12 bits per heavy atom. The molecule has 2 N–H and O–H groups in total. The number of hydrogen-bond donors (Lipinski definition) is 2. The van der Waals surface area contributed by atoms with Crippen molar-refractivity contribution in [2.24, 2.45) is 0 Å². The highest BCUT2D eigenvalue weighted by Gasteiger charge is 2.17. The zero-order valence-corrected chi connectivity index (χ0v) is 15.1. The molecule has 1 aliphatic rings. The molecule has 2 aromatic carbocycles. The van der Waals surface area contributed by atoms with Gasteiger partial charge in [-0.2, -0.15) is 0 Å². The molecular formula is C20H25ClN2O2. The average molecular weight is 361 g/mol. The van der Waals surface area contributed by atoms with E-state index in [1.165, 1.54) is 0 Å². The lowest BCUT2D eigenvalue weighted by molar-refractivity contribution is -0.121. The summed E-state index contributed by atoms with van der Waals surface area (Å²) in [7, 11) is 0. The third kappa shape index (κ3) is 5.76. The molecule has 1 unspecified atom stereocenters. The van der Waals surface area contributed by atoms with E-state index in [9.17, 15) is 4.79 Å². The zero-order chi connectivity index (χ0) is 16.6. The van der Waals surface area contributed by atoms with E-state index in [4.69, 9.17) is 4.74 Å². The number of rotatable bonds is 7. The van der Waals surface area contributed by atoms with E-state index >= 15 is 0 Å². The molecule has 134 valence electrons. The molecule has 1 saturated heterocycles. The van der Waals surface area contributed by atoms with Gasteiger partial charge in [0.2, 0.25) is 5.91 Å². The van der Waals surface area contributed by atoms with Crippen molar-refractivity contribution in [3.05, 3.63) is 54.6 Å². The molecule has 0 saturated carbocycles. The van der Waals surface area contributed by atoms with Gasteiger partial charge in [-0.25, -0.2) is 0 Å². The smallest absolute Gasteiger partial charge is 0.221 e. The maximum Gasteiger partial charge on any atom is 0.221 e. The van der Waals surface area contributed by atoms with Crippen LogP contribution in [0.4, 0.5) is 0 Å². The summed E-state index contributed by atoms with van der Waals surface area (Å²) in [6.45, 7) is 2.01. The summed E-state index contributed by atoms with van der Waals surface area (Å²) in [6, 6.07) is 18.5. The van der Waals surface area contributed by atoms with E-state index in [0.29, 0.717) is 25.6 Å². The van der Waals surface area contributed by atoms with Crippen LogP contribution in [0.15, 0.2) is 54.6 Å². The van der Waals surface area contributed by atoms with E-state index in [1.807, 2.05) is 36.4 Å². The summed E-state index contributed by atoms with van der Waals surface area (Å²) in [4.78, 5) is 11.9. The molecule has 3 rings (SSSR count). The Bertz CT molecular complexity index is 658. The maximum atomic E-state index is 11.9. The Labute approximate surface area is 155 Å². The molecule has 0 aliphatic carbocycles. The van der Waals surface area contributed by atoms with Crippen LogP contribution in [0.25, 0.3) is 11.1 Å². The van der Waals surface area contributed by atoms with Gasteiger partial charge in [-0.05, 0) is 31.0 Å². The molecule has 1 atom stereocenters. The van der Waals surface area contributed by atoms with Crippen LogP contribution in [0.2, 0.25) is 0 Å². The number of benzene rings is 2. The van der Waals surface area contributed by atoms with Crippen LogP contribution >= 0.6 is 12.4 Å². The van der Waals surface area contributed by atoms with Crippen LogP contribution in [0.1, 0.15) is 19.3 Å². The maximum absolute atomic E-state index is 11.9. The third-order valence-corrected chi connectivity index (χ3v) is 4.25. The predicted molar refractivity (Wildman–Crippen MR) is 103 cm³/mol. The van der Waals surface area contributed by atoms with Crippen LogP contribution in [0.5, 0.6) is 5.75 Å². The minimum Gasteiger partial charge on any atom is -0.491 e. The second-order valence-corrected chi connectivity index (χ2v) is 6.06. The first-order valence-electron chi connectivity index (χ1n) is 8.60. The van der Waals surface area contributed by atoms with Gasteiger partial charge in [-0.15, -0.1) is 12.4 Å². The van der Waals surface area contributed by atoms with E-state index in [0.717, 1.165) is 36.3 Å². The first-order chi connectivity index (χ1) is 11.8. The number of carbonyl (C=O) groups excluding carboxylic acids is 1. The first kappa shape index (κ1) is 19.3. The topological polar surface area (TPSA) is 50.4 Å². The normalized spacial score (nSPS) is 16.1. The van der Waals surface area contributed by atoms with Gasteiger partial charge in [0, 0.05) is 18.0 Å². The van der Waals surface area contributed by atoms with E-state index in [-0.39, 0.29) is 18.3 Å². The molecule has 1 amide bonds. The van der Waals surface area contributed by atoms with Gasteiger partial charge in [0.15, 0.2) is 0 Å². The van der Waals surface area contributed by atoms with Gasteiger partial charge in [0.25, 0.3) is 0 Å². The molecule has 0 spiro atoms. The summed E-state index contributed by atoms with van der Waals surface area (Å²) in [5, 5.41) is 6.27. The predicted octanol–water partition coefficient (Wildman–Crippen LogP) is 3.41. The van der Waals surface area contributed by atoms with E-state index in [2.05, 4.69) is 28.8 Å². The molecule has 2 aromatic rings. The molecule has 25 heavy (non-hydrogen) atoms. The molecule has 4 nitrogen and oxygen atoms in total. The summed E-state index contributed by atoms with van der Waals surface area (Å²) >= 11 is 0. The molecule has 0 aromatic heterocycles. The molecule has 1 aliphatic heterocycles. The lowest BCUT2D eigenvalue weighted by Crippen LogP contribution is -2.33. The highest BCUT2D eigenvalue weighted by Crippen LogP contribution is 2.29. The van der Waals surface area contributed by atoms with Crippen molar-refractivity contribution in [3.8, 4) is 16.9 Å². The van der Waals surface area contributed by atoms with Crippen LogP contribution in [-0.4, -0.2) is 31.6 Å². The molecule has 0 bridgehead atoms. The van der Waals surface area contributed by atoms with Gasteiger partial charge in [-0.3, -0.25) is 4.79 Å². The van der Waals surface area contributed by atoms with Crippen LogP contribution in [-0.2, 0) is 4.79 Å². The minimum atomic E-state index is 0. The number of amides is 1. The van der Waals surface area contributed by atoms with Crippen LogP contribution in [0, 0.1) is 0 Å². The minimum absolute atomic E-state index is 0. The highest BCUT2D eigenvalue weighted by atomic mass is 35.5. The molecule has 0 radical (unpaired) electrons. The Morgan fingerprint density at radius 2 is 1.88 bits per heavy atom. The Kier molecular flexibility index (Phi) is 7.76. The van der Waals surface area contributed by atoms with Gasteiger partial charge in [0.05, 0.1) is 6.54 Å². The fourth-order valence-corrected chi connectivity index (χ4v) is 3.03. The Balaban J connectivity index is 0.00000225. The summed E-state index contributed by atoms with van der Waals surface area (Å²) in [6.07, 6.45) is 2.81. The quantitative estimate of drug-likeness (QED) is 0.744. The monoisotopic (exact) mass is 360 g/mol. The second kappa shape index (κ2) is 10.1. The fraction of sp³-hybridized carbons (Fsp3) is 0.350. The lowest BCUT2D eigenvalue weighted by Gasteiger charge is -2.13. The second-order valence-electron chi connectivity index (χ2n) is 6.06. The van der Waals surface area contributed by atoms with Crippen molar-refractivity contribution < 1.29 is 9.53 Å². The summed E-state index contributed by atoms with van der Waals surface area (Å²) in [5.74, 6) is 0.935. The molecule has 1 fully saturated rings. The summed E-state index contributed by atoms with van der Waals surface area (Å²) < 4.78 is 5.88. The van der Waals surface area contributed by atoms with Gasteiger partial charge >= 0.3 is 0 Å². The van der Waals surface area contributed by atoms with Gasteiger partial charge in [-0.1, -0.05) is 48.5 Å². The number of halogens is 1. The van der Waals surface area contributed by atoms with Crippen molar-refractivity contribution in [3.63, 3.8) is 0 Å². The third-order valence-electron chi connectivity index (χ3n) is 4.25. The number of nitrogens with one attached hydrogen (secondary N) is 2. The summed E-state index contributed by atoms with van der Waals surface area (Å²) in [5.41, 5.74) is 2.20. The van der Waals surface area contributed by atoms with Crippen molar-refractivity contribution in [2.75, 3.05) is 19.7 Å². The fourth-order valence-electron chi connectivity index (χ4n) is 3.03. The molecule has 5 heteroatoms. The van der Waals surface area contributed by atoms with Crippen molar-refractivity contribution in [1.29, 1.82) is 0 Å². The number of carbonyl (C=O) groups is 1. The van der Waals surface area contributed by atoms with Crippen molar-refractivity contribution in [1.82, 2.24) is 10.6 Å². The van der Waals surface area contributed by atoms with Crippen LogP contribution in [0.3, 0.4) is 0 Å². The van der Waals surface area contributed by atoms with E-state index in [1.54, 1.807) is 0 Å². The zero-order valence-electron chi connectivity index (χ0n) is 14.2. The van der Waals surface area contributed by atoms with Crippen LogP contribution < -0.4 is 15.4 Å². The van der Waals surface area contributed by atoms with Crippen molar-refractivity contribution in [2.45, 2.75) is 25.3 Å². The number of ether oxygens (including phenoxy) is 1. The highest BCUT2D eigenvalue weighted by molar-refractivity contribution is 5.85. The Morgan fingerprint density at radius 3 is 2.64 bits per heavy atom. The largest absolute Gasteiger partial charge is 0.491 e. The van der Waals surface area contributed by atoms with Gasteiger partial charge in [0.1, 0.15) is 12.4 Å². The standard InChI is InChI=1S/C20H24N2O2.ClH/c23-20(15-17-9-6-12-21-17)22-13-14-24-19-11-5-4-10-18(19)16-7-2-1-3-8-16;/h1-5,7-8,10-11,17,21H,6,9,12-15H2,(H,22,23);1H. The average Bonchev–Trinajstić information content (AvgIpc) is 3.13. The van der Waals surface area contributed by atoms with E-state index < -0.39 is 0 Å². The first-order valence-corrected chi connectivity index (χ1v) is 8.60. The van der Waals surface area contributed by atoms with Crippen molar-refractivity contribution >= 4 is 18.3 Å². The molecular weight excluding hydrogens is 336 g/mol. The SMILES string of the molecule is Cl.O=C(CC1CCCN1)NCCOc1ccccc1-c1ccccc1. The lowest BCUT2D eigenvalue weighted by atomic mass is 10.1. The molecule has 1 heterocycles. The number of hydrogen-bond acceptors (Lipinski definition) is 3. The van der Waals surface area contributed by atoms with Gasteiger partial charge < -0.3 is 15.4 Å². The number of para-hydroxylation sites is 1. The Hall–Kier alpha value is -2.04.